The van der Waals surface area contributed by atoms with Crippen LogP contribution in [0.25, 0.3) is 17.0 Å². The minimum atomic E-state index is -4.77. The highest BCUT2D eigenvalue weighted by Gasteiger charge is 2.36. The molecule has 30 heavy (non-hydrogen) atoms. The Kier molecular flexibility index (Phi) is 4.71. The lowest BCUT2D eigenvalue weighted by Crippen LogP contribution is -2.57. The van der Waals surface area contributed by atoms with Crippen LogP contribution < -0.4 is 10.5 Å². The molecule has 2 aromatic heterocycles. The maximum atomic E-state index is 12.9. The maximum absolute atomic E-state index is 12.9. The number of hydrogen-bond acceptors (Lipinski definition) is 7. The molecular formula is C17H18F3N7O2S. The van der Waals surface area contributed by atoms with Gasteiger partial charge in [-0.1, -0.05) is 6.07 Å². The number of benzene rings is 1. The molecule has 0 atom stereocenters. The molecule has 0 radical (unpaired) electrons. The standard InChI is InChI=1S/C17H18F3N7O2S/c1-9-3-4-11(30(28,29)25-10-6-26(2)7-10)5-12(9)13-8-27-15(21)23-14(17(18,19)20)24-16(27)22-13/h3-5,8,10,25H,6-7H2,1-2H3,(H2,21,22,23,24). The molecule has 1 aromatic carbocycles. The molecule has 1 saturated heterocycles. The topological polar surface area (TPSA) is 119 Å². The number of hydrogen-bond donors (Lipinski definition) is 2. The van der Waals surface area contributed by atoms with E-state index in [4.69, 9.17) is 5.73 Å². The van der Waals surface area contributed by atoms with E-state index in [1.165, 1.54) is 18.3 Å². The van der Waals surface area contributed by atoms with Crippen molar-refractivity contribution in [3.8, 4) is 11.3 Å². The Morgan fingerprint density at radius 2 is 1.90 bits per heavy atom. The summed E-state index contributed by atoms with van der Waals surface area (Å²) < 4.78 is 68.0. The van der Waals surface area contributed by atoms with Gasteiger partial charge in [0.25, 0.3) is 0 Å². The minimum Gasteiger partial charge on any atom is -0.369 e. The van der Waals surface area contributed by atoms with Gasteiger partial charge in [0.1, 0.15) is 0 Å². The number of likely N-dealkylation sites (tertiary alicyclic amines) is 1. The maximum Gasteiger partial charge on any atom is 0.451 e. The minimum absolute atomic E-state index is 0.0322. The summed E-state index contributed by atoms with van der Waals surface area (Å²) in [5.41, 5.74) is 6.98. The van der Waals surface area contributed by atoms with Gasteiger partial charge in [-0.05, 0) is 31.7 Å². The van der Waals surface area contributed by atoms with Crippen LogP contribution >= 0.6 is 0 Å². The summed E-state index contributed by atoms with van der Waals surface area (Å²) in [4.78, 5) is 12.8. The van der Waals surface area contributed by atoms with Crippen molar-refractivity contribution in [2.24, 2.45) is 0 Å². The fraction of sp³-hybridized carbons (Fsp3) is 0.353. The summed E-state index contributed by atoms with van der Waals surface area (Å²) in [5.74, 6) is -2.11. The third-order valence-electron chi connectivity index (χ3n) is 4.80. The van der Waals surface area contributed by atoms with Gasteiger partial charge in [0, 0.05) is 30.9 Å². The number of nitrogens with two attached hydrogens (primary N) is 1. The second-order valence-corrected chi connectivity index (χ2v) is 8.93. The van der Waals surface area contributed by atoms with Crippen molar-refractivity contribution < 1.29 is 21.6 Å². The summed E-state index contributed by atoms with van der Waals surface area (Å²) >= 11 is 0. The number of alkyl halides is 3. The van der Waals surface area contributed by atoms with Gasteiger partial charge >= 0.3 is 6.18 Å². The van der Waals surface area contributed by atoms with E-state index in [9.17, 15) is 21.6 Å². The quantitative estimate of drug-likeness (QED) is 0.626. The van der Waals surface area contributed by atoms with Crippen LogP contribution in [0.1, 0.15) is 11.4 Å². The second-order valence-electron chi connectivity index (χ2n) is 7.22. The number of nitrogens with one attached hydrogen (secondary N) is 1. The molecule has 1 aliphatic heterocycles. The fourth-order valence-electron chi connectivity index (χ4n) is 3.26. The molecule has 3 heterocycles. The van der Waals surface area contributed by atoms with Gasteiger partial charge in [-0.3, -0.25) is 4.40 Å². The number of imidazole rings is 1. The van der Waals surface area contributed by atoms with Gasteiger partial charge in [-0.15, -0.1) is 0 Å². The molecule has 9 nitrogen and oxygen atoms in total. The van der Waals surface area contributed by atoms with Crippen LogP contribution in [0.3, 0.4) is 0 Å². The van der Waals surface area contributed by atoms with Crippen molar-refractivity contribution in [2.45, 2.75) is 24.0 Å². The third-order valence-corrected chi connectivity index (χ3v) is 6.31. The first-order valence-electron chi connectivity index (χ1n) is 8.86. The molecule has 3 N–H and O–H groups in total. The van der Waals surface area contributed by atoms with E-state index in [2.05, 4.69) is 19.7 Å². The van der Waals surface area contributed by atoms with Crippen LogP contribution in [0.4, 0.5) is 19.1 Å². The first-order valence-corrected chi connectivity index (χ1v) is 10.3. The predicted molar refractivity (Wildman–Crippen MR) is 102 cm³/mol. The van der Waals surface area contributed by atoms with Crippen LogP contribution in [0.2, 0.25) is 0 Å². The molecule has 0 aliphatic carbocycles. The van der Waals surface area contributed by atoms with Gasteiger partial charge in [0.05, 0.1) is 10.6 Å². The van der Waals surface area contributed by atoms with Crippen LogP contribution in [-0.2, 0) is 16.2 Å². The Bertz CT molecular complexity index is 1230. The molecule has 3 aromatic rings. The number of sulfonamides is 1. The number of fused-ring (bicyclic) bond motifs is 1. The Morgan fingerprint density at radius 3 is 2.53 bits per heavy atom. The molecular weight excluding hydrogens is 423 g/mol. The van der Waals surface area contributed by atoms with Gasteiger partial charge in [0.2, 0.25) is 27.6 Å². The van der Waals surface area contributed by atoms with E-state index in [1.54, 1.807) is 13.0 Å². The van der Waals surface area contributed by atoms with Crippen LogP contribution in [0, 0.1) is 6.92 Å². The second kappa shape index (κ2) is 6.89. The van der Waals surface area contributed by atoms with E-state index >= 15 is 0 Å². The molecule has 13 heteroatoms. The average Bonchev–Trinajstić information content (AvgIpc) is 3.04. The first-order chi connectivity index (χ1) is 13.9. The van der Waals surface area contributed by atoms with Crippen molar-refractivity contribution in [3.05, 3.63) is 35.8 Å². The number of nitrogens with zero attached hydrogens (tertiary/aromatic N) is 5. The van der Waals surface area contributed by atoms with Gasteiger partial charge in [-0.25, -0.2) is 18.1 Å². The average molecular weight is 441 g/mol. The number of halogens is 3. The van der Waals surface area contributed by atoms with E-state index in [0.29, 0.717) is 24.2 Å². The van der Waals surface area contributed by atoms with Crippen molar-refractivity contribution in [1.82, 2.24) is 29.0 Å². The van der Waals surface area contributed by atoms with E-state index < -0.39 is 28.0 Å². The summed E-state index contributed by atoms with van der Waals surface area (Å²) in [7, 11) is -1.88. The fourth-order valence-corrected chi connectivity index (χ4v) is 4.51. The van der Waals surface area contributed by atoms with Crippen molar-refractivity contribution >= 4 is 21.7 Å². The highest BCUT2D eigenvalue weighted by molar-refractivity contribution is 7.89. The first kappa shape index (κ1) is 20.5. The lowest BCUT2D eigenvalue weighted by molar-refractivity contribution is -0.144. The number of nitrogen functional groups attached to an aromatic ring is 1. The molecule has 1 aliphatic rings. The Hall–Kier alpha value is -2.77. The highest BCUT2D eigenvalue weighted by Crippen LogP contribution is 2.29. The lowest BCUT2D eigenvalue weighted by Gasteiger charge is -2.36. The number of aromatic nitrogens is 4. The van der Waals surface area contributed by atoms with Crippen LogP contribution in [-0.4, -0.2) is 58.8 Å². The van der Waals surface area contributed by atoms with E-state index in [-0.39, 0.29) is 22.4 Å². The Balaban J connectivity index is 1.74. The molecule has 0 amide bonds. The largest absolute Gasteiger partial charge is 0.451 e. The molecule has 0 saturated carbocycles. The van der Waals surface area contributed by atoms with Crippen molar-refractivity contribution in [3.63, 3.8) is 0 Å². The summed E-state index contributed by atoms with van der Waals surface area (Å²) in [5, 5.41) is 0. The number of likely N-dealkylation sites (N-methyl/N-ethyl adjacent to an activating group) is 1. The third kappa shape index (κ3) is 3.70. The van der Waals surface area contributed by atoms with Crippen LogP contribution in [0.5, 0.6) is 0 Å². The predicted octanol–water partition coefficient (Wildman–Crippen LogP) is 1.29. The van der Waals surface area contributed by atoms with E-state index in [1.807, 2.05) is 11.9 Å². The molecule has 0 spiro atoms. The SMILES string of the molecule is Cc1ccc(S(=O)(=O)NC2CN(C)C2)cc1-c1cn2c(N)nc(C(F)(F)F)nc2n1. The molecule has 0 bridgehead atoms. The zero-order valence-electron chi connectivity index (χ0n) is 16.0. The number of aryl methyl sites for hydroxylation is 1. The molecule has 0 unspecified atom stereocenters. The smallest absolute Gasteiger partial charge is 0.369 e. The molecule has 4 rings (SSSR count). The lowest BCUT2D eigenvalue weighted by atomic mass is 10.1. The highest BCUT2D eigenvalue weighted by atomic mass is 32.2. The zero-order chi connectivity index (χ0) is 21.8. The normalized spacial score (nSPS) is 16.2. The number of anilines is 1. The van der Waals surface area contributed by atoms with E-state index in [0.717, 1.165) is 4.40 Å². The van der Waals surface area contributed by atoms with Gasteiger partial charge in [-0.2, -0.15) is 23.1 Å². The van der Waals surface area contributed by atoms with Crippen LogP contribution in [0.15, 0.2) is 29.3 Å². The monoisotopic (exact) mass is 441 g/mol. The summed E-state index contributed by atoms with van der Waals surface area (Å²) in [6, 6.07) is 4.33. The van der Waals surface area contributed by atoms with Crippen molar-refractivity contribution in [2.75, 3.05) is 25.9 Å². The summed E-state index contributed by atoms with van der Waals surface area (Å²) in [6.45, 7) is 2.97. The zero-order valence-corrected chi connectivity index (χ0v) is 16.8. The summed E-state index contributed by atoms with van der Waals surface area (Å²) in [6.07, 6.45) is -3.40. The molecule has 160 valence electrons. The number of rotatable bonds is 4. The Labute approximate surface area is 169 Å². The van der Waals surface area contributed by atoms with Gasteiger partial charge in [0.15, 0.2) is 0 Å². The molecule has 1 fully saturated rings. The van der Waals surface area contributed by atoms with Crippen molar-refractivity contribution in [1.29, 1.82) is 0 Å². The Morgan fingerprint density at radius 1 is 1.20 bits per heavy atom. The van der Waals surface area contributed by atoms with Gasteiger partial charge < -0.3 is 10.6 Å².